The van der Waals surface area contributed by atoms with Crippen molar-refractivity contribution in [2.75, 3.05) is 26.1 Å². The maximum atomic E-state index is 12.0. The number of ether oxygens (including phenoxy) is 3. The van der Waals surface area contributed by atoms with Crippen molar-refractivity contribution in [3.8, 4) is 28.7 Å². The third-order valence-corrected chi connectivity index (χ3v) is 3.74. The predicted octanol–water partition coefficient (Wildman–Crippen LogP) is 3.42. The van der Waals surface area contributed by atoms with Crippen LogP contribution in [-0.2, 0) is 4.79 Å². The van der Waals surface area contributed by atoms with Crippen molar-refractivity contribution in [1.82, 2.24) is 10.2 Å². The highest BCUT2D eigenvalue weighted by Crippen LogP contribution is 2.32. The molecule has 140 valence electrons. The maximum absolute atomic E-state index is 12.0. The number of halogens is 1. The maximum Gasteiger partial charge on any atom is 0.322 e. The van der Waals surface area contributed by atoms with Crippen molar-refractivity contribution in [1.29, 1.82) is 0 Å². The second kappa shape index (κ2) is 8.41. The Morgan fingerprint density at radius 1 is 1.07 bits per heavy atom. The van der Waals surface area contributed by atoms with Crippen molar-refractivity contribution in [2.24, 2.45) is 0 Å². The first-order valence-corrected chi connectivity index (χ1v) is 8.21. The van der Waals surface area contributed by atoms with Crippen molar-refractivity contribution in [3.63, 3.8) is 0 Å². The SMILES string of the molecule is COc1ccc(-c2nnc(NC(=O)COc3ccc(Cl)cc3)o2)cc1OC. The Morgan fingerprint density at radius 2 is 1.81 bits per heavy atom. The van der Waals surface area contributed by atoms with E-state index in [-0.39, 0.29) is 18.5 Å². The number of anilines is 1. The fourth-order valence-corrected chi connectivity index (χ4v) is 2.32. The first kappa shape index (κ1) is 18.5. The van der Waals surface area contributed by atoms with Crippen LogP contribution in [0.5, 0.6) is 17.2 Å². The molecule has 0 spiro atoms. The van der Waals surface area contributed by atoms with E-state index in [1.807, 2.05) is 0 Å². The van der Waals surface area contributed by atoms with Gasteiger partial charge in [0.1, 0.15) is 5.75 Å². The van der Waals surface area contributed by atoms with E-state index in [1.54, 1.807) is 49.6 Å². The van der Waals surface area contributed by atoms with Crippen LogP contribution in [-0.4, -0.2) is 36.9 Å². The van der Waals surface area contributed by atoms with E-state index in [0.717, 1.165) is 0 Å². The average molecular weight is 390 g/mol. The largest absolute Gasteiger partial charge is 0.493 e. The normalized spacial score (nSPS) is 10.3. The van der Waals surface area contributed by atoms with Gasteiger partial charge in [-0.2, -0.15) is 0 Å². The molecule has 27 heavy (non-hydrogen) atoms. The summed E-state index contributed by atoms with van der Waals surface area (Å²) >= 11 is 5.79. The number of hydrogen-bond acceptors (Lipinski definition) is 7. The van der Waals surface area contributed by atoms with E-state index in [2.05, 4.69) is 15.5 Å². The Hall–Kier alpha value is -3.26. The number of carbonyl (C=O) groups is 1. The summed E-state index contributed by atoms with van der Waals surface area (Å²) in [5.41, 5.74) is 0.623. The van der Waals surface area contributed by atoms with E-state index in [0.29, 0.717) is 27.8 Å². The molecule has 0 aliphatic rings. The molecule has 1 heterocycles. The number of aromatic nitrogens is 2. The highest BCUT2D eigenvalue weighted by atomic mass is 35.5. The van der Waals surface area contributed by atoms with Crippen LogP contribution in [0, 0.1) is 0 Å². The Labute approximate surface area is 160 Å². The molecule has 2 aromatic carbocycles. The molecule has 0 atom stereocenters. The molecule has 9 heteroatoms. The van der Waals surface area contributed by atoms with Crippen LogP contribution >= 0.6 is 11.6 Å². The summed E-state index contributed by atoms with van der Waals surface area (Å²) in [4.78, 5) is 12.0. The van der Waals surface area contributed by atoms with Gasteiger partial charge in [0.2, 0.25) is 5.89 Å². The highest BCUT2D eigenvalue weighted by molar-refractivity contribution is 6.30. The Bertz CT molecular complexity index is 927. The minimum Gasteiger partial charge on any atom is -0.493 e. The van der Waals surface area contributed by atoms with Crippen molar-refractivity contribution in [2.45, 2.75) is 0 Å². The zero-order chi connectivity index (χ0) is 19.2. The van der Waals surface area contributed by atoms with Gasteiger partial charge >= 0.3 is 6.01 Å². The van der Waals surface area contributed by atoms with Crippen LogP contribution in [0.2, 0.25) is 5.02 Å². The molecule has 0 fully saturated rings. The molecular formula is C18H16ClN3O5. The summed E-state index contributed by atoms with van der Waals surface area (Å²) in [5, 5.41) is 10.8. The zero-order valence-corrected chi connectivity index (χ0v) is 15.3. The zero-order valence-electron chi connectivity index (χ0n) is 14.6. The summed E-state index contributed by atoms with van der Waals surface area (Å²) in [7, 11) is 3.08. The molecule has 0 aliphatic heterocycles. The van der Waals surface area contributed by atoms with Crippen molar-refractivity contribution in [3.05, 3.63) is 47.5 Å². The second-order valence-corrected chi connectivity index (χ2v) is 5.71. The van der Waals surface area contributed by atoms with Gasteiger partial charge in [-0.3, -0.25) is 10.1 Å². The molecule has 0 bridgehead atoms. The molecule has 3 aromatic rings. The molecule has 0 aliphatic carbocycles. The fourth-order valence-electron chi connectivity index (χ4n) is 2.19. The lowest BCUT2D eigenvalue weighted by molar-refractivity contribution is -0.118. The number of rotatable bonds is 7. The Morgan fingerprint density at radius 3 is 2.52 bits per heavy atom. The van der Waals surface area contributed by atoms with Gasteiger partial charge in [0.15, 0.2) is 18.1 Å². The Balaban J connectivity index is 1.62. The summed E-state index contributed by atoms with van der Waals surface area (Å²) in [6.45, 7) is -0.213. The molecule has 1 N–H and O–H groups in total. The van der Waals surface area contributed by atoms with Gasteiger partial charge in [-0.1, -0.05) is 16.7 Å². The van der Waals surface area contributed by atoms with Gasteiger partial charge in [-0.25, -0.2) is 0 Å². The average Bonchev–Trinajstić information content (AvgIpc) is 3.15. The summed E-state index contributed by atoms with van der Waals surface area (Å²) in [6.07, 6.45) is 0. The van der Waals surface area contributed by atoms with Crippen LogP contribution in [0.1, 0.15) is 0 Å². The molecule has 8 nitrogen and oxygen atoms in total. The fraction of sp³-hybridized carbons (Fsp3) is 0.167. The van der Waals surface area contributed by atoms with Crippen LogP contribution in [0.3, 0.4) is 0 Å². The lowest BCUT2D eigenvalue weighted by Crippen LogP contribution is -2.20. The molecule has 0 saturated carbocycles. The number of hydrogen-bond donors (Lipinski definition) is 1. The van der Waals surface area contributed by atoms with Crippen LogP contribution in [0.15, 0.2) is 46.9 Å². The van der Waals surface area contributed by atoms with E-state index in [4.69, 9.17) is 30.2 Å². The summed E-state index contributed by atoms with van der Waals surface area (Å²) in [5.74, 6) is 1.41. The van der Waals surface area contributed by atoms with Gasteiger partial charge in [-0.15, -0.1) is 5.10 Å². The number of benzene rings is 2. The number of carbonyl (C=O) groups excluding carboxylic acids is 1. The highest BCUT2D eigenvalue weighted by Gasteiger charge is 2.14. The van der Waals surface area contributed by atoms with Crippen LogP contribution < -0.4 is 19.5 Å². The molecule has 0 unspecified atom stereocenters. The predicted molar refractivity (Wildman–Crippen MR) is 98.4 cm³/mol. The standard InChI is InChI=1S/C18H16ClN3O5/c1-24-14-8-3-11(9-15(14)25-2)17-21-22-18(27-17)20-16(23)10-26-13-6-4-12(19)5-7-13/h3-9H,10H2,1-2H3,(H,20,22,23). The van der Waals surface area contributed by atoms with Crippen molar-refractivity contribution < 1.29 is 23.4 Å². The van der Waals surface area contributed by atoms with E-state index >= 15 is 0 Å². The van der Waals surface area contributed by atoms with Crippen LogP contribution in [0.4, 0.5) is 6.01 Å². The molecular weight excluding hydrogens is 374 g/mol. The minimum absolute atomic E-state index is 0.0375. The van der Waals surface area contributed by atoms with Gasteiger partial charge in [0.05, 0.1) is 14.2 Å². The molecule has 3 rings (SSSR count). The second-order valence-electron chi connectivity index (χ2n) is 5.27. The van der Waals surface area contributed by atoms with Crippen molar-refractivity contribution >= 4 is 23.5 Å². The summed E-state index contributed by atoms with van der Waals surface area (Å²) in [6, 6.07) is 11.8. The number of methoxy groups -OCH3 is 2. The van der Waals surface area contributed by atoms with E-state index < -0.39 is 5.91 Å². The molecule has 0 radical (unpaired) electrons. The summed E-state index contributed by atoms with van der Waals surface area (Å²) < 4.78 is 21.2. The van der Waals surface area contributed by atoms with E-state index in [9.17, 15) is 4.79 Å². The molecule has 1 aromatic heterocycles. The quantitative estimate of drug-likeness (QED) is 0.661. The third-order valence-electron chi connectivity index (χ3n) is 3.49. The number of nitrogens with one attached hydrogen (secondary N) is 1. The first-order chi connectivity index (χ1) is 13.1. The van der Waals surface area contributed by atoms with Gasteiger partial charge in [0, 0.05) is 10.6 Å². The number of nitrogens with zero attached hydrogens (tertiary/aromatic N) is 2. The Kier molecular flexibility index (Phi) is 5.77. The molecule has 1 amide bonds. The lowest BCUT2D eigenvalue weighted by atomic mass is 10.2. The number of amides is 1. The smallest absolute Gasteiger partial charge is 0.322 e. The first-order valence-electron chi connectivity index (χ1n) is 7.83. The lowest BCUT2D eigenvalue weighted by Gasteiger charge is -2.07. The van der Waals surface area contributed by atoms with Crippen LogP contribution in [0.25, 0.3) is 11.5 Å². The van der Waals surface area contributed by atoms with Gasteiger partial charge in [-0.05, 0) is 42.5 Å². The topological polar surface area (TPSA) is 95.7 Å². The van der Waals surface area contributed by atoms with Gasteiger partial charge < -0.3 is 18.6 Å². The van der Waals surface area contributed by atoms with Gasteiger partial charge in [0.25, 0.3) is 5.91 Å². The third kappa shape index (κ3) is 4.68. The monoisotopic (exact) mass is 389 g/mol. The molecule has 0 saturated heterocycles. The minimum atomic E-state index is -0.438. The van der Waals surface area contributed by atoms with E-state index in [1.165, 1.54) is 7.11 Å².